The van der Waals surface area contributed by atoms with Gasteiger partial charge in [0, 0.05) is 38.6 Å². The molecule has 0 radical (unpaired) electrons. The fourth-order valence-corrected chi connectivity index (χ4v) is 3.80. The van der Waals surface area contributed by atoms with Crippen LogP contribution in [0.15, 0.2) is 30.3 Å². The van der Waals surface area contributed by atoms with Crippen molar-refractivity contribution in [3.05, 3.63) is 35.9 Å². The zero-order valence-corrected chi connectivity index (χ0v) is 14.3. The van der Waals surface area contributed by atoms with Crippen LogP contribution in [-0.4, -0.2) is 49.6 Å². The topological polar surface area (TPSA) is 58.6 Å². The average molecular weight is 330 g/mol. The molecule has 1 aromatic carbocycles. The van der Waals surface area contributed by atoms with Gasteiger partial charge in [0.25, 0.3) is 0 Å². The highest BCUT2D eigenvalue weighted by Crippen LogP contribution is 2.35. The molecule has 2 fully saturated rings. The van der Waals surface area contributed by atoms with Crippen LogP contribution >= 0.6 is 0 Å². The largest absolute Gasteiger partial charge is 0.381 e. The summed E-state index contributed by atoms with van der Waals surface area (Å²) in [5, 5.41) is 2.91. The van der Waals surface area contributed by atoms with Crippen LogP contribution < -0.4 is 5.32 Å². The van der Waals surface area contributed by atoms with E-state index in [2.05, 4.69) is 5.32 Å². The molecule has 3 rings (SSSR count). The molecule has 1 N–H and O–H groups in total. The van der Waals surface area contributed by atoms with E-state index in [0.29, 0.717) is 31.9 Å². The summed E-state index contributed by atoms with van der Waals surface area (Å²) >= 11 is 0. The number of nitrogens with zero attached hydrogens (tertiary/aromatic N) is 1. The molecule has 0 aromatic heterocycles. The van der Waals surface area contributed by atoms with Crippen LogP contribution in [0, 0.1) is 5.92 Å². The molecule has 5 nitrogen and oxygen atoms in total. The summed E-state index contributed by atoms with van der Waals surface area (Å²) in [6.45, 7) is 5.34. The maximum Gasteiger partial charge on any atom is 0.235 e. The third-order valence-electron chi connectivity index (χ3n) is 5.23. The lowest BCUT2D eigenvalue weighted by molar-refractivity contribution is -0.139. The van der Waals surface area contributed by atoms with Crippen LogP contribution in [0.3, 0.4) is 0 Å². The summed E-state index contributed by atoms with van der Waals surface area (Å²) in [5.74, 6) is 0.595. The normalized spacial score (nSPS) is 27.1. The Labute approximate surface area is 143 Å². The number of hydrogen-bond acceptors (Lipinski definition) is 3. The van der Waals surface area contributed by atoms with Gasteiger partial charge in [0.05, 0.1) is 12.0 Å². The van der Waals surface area contributed by atoms with Gasteiger partial charge in [-0.2, -0.15) is 0 Å². The lowest BCUT2D eigenvalue weighted by Crippen LogP contribution is -2.55. The number of hydrogen-bond donors (Lipinski definition) is 1. The Morgan fingerprint density at radius 2 is 2.17 bits per heavy atom. The summed E-state index contributed by atoms with van der Waals surface area (Å²) in [5.41, 5.74) is 0.374. The highest BCUT2D eigenvalue weighted by Gasteiger charge is 2.46. The molecule has 2 unspecified atom stereocenters. The van der Waals surface area contributed by atoms with Crippen molar-refractivity contribution in [2.24, 2.45) is 5.92 Å². The zero-order chi connectivity index (χ0) is 17.0. The Morgan fingerprint density at radius 3 is 2.83 bits per heavy atom. The van der Waals surface area contributed by atoms with Gasteiger partial charge in [0.1, 0.15) is 0 Å². The summed E-state index contributed by atoms with van der Waals surface area (Å²) in [4.78, 5) is 27.0. The van der Waals surface area contributed by atoms with Gasteiger partial charge in [-0.3, -0.25) is 9.59 Å². The van der Waals surface area contributed by atoms with Crippen LogP contribution in [0.1, 0.15) is 31.7 Å². The molecule has 0 saturated carbocycles. The Balaban J connectivity index is 1.79. The number of rotatable bonds is 5. The molecule has 2 amide bonds. The zero-order valence-electron chi connectivity index (χ0n) is 14.3. The first-order chi connectivity index (χ1) is 11.7. The summed E-state index contributed by atoms with van der Waals surface area (Å²) < 4.78 is 5.52. The number of likely N-dealkylation sites (tertiary alicyclic amines) is 1. The van der Waals surface area contributed by atoms with E-state index in [4.69, 9.17) is 4.74 Å². The number of benzene rings is 1. The molecule has 0 aliphatic carbocycles. The molecule has 5 heteroatoms. The van der Waals surface area contributed by atoms with Crippen molar-refractivity contribution in [1.29, 1.82) is 0 Å². The van der Waals surface area contributed by atoms with Crippen LogP contribution in [-0.2, 0) is 19.7 Å². The number of carbonyl (C=O) groups excluding carboxylic acids is 2. The van der Waals surface area contributed by atoms with Crippen molar-refractivity contribution in [2.45, 2.75) is 31.6 Å². The lowest BCUT2D eigenvalue weighted by Gasteiger charge is -2.39. The Hall–Kier alpha value is -1.88. The van der Waals surface area contributed by atoms with Gasteiger partial charge in [-0.05, 0) is 25.3 Å². The molecule has 2 heterocycles. The van der Waals surface area contributed by atoms with E-state index in [1.165, 1.54) is 0 Å². The predicted octanol–water partition coefficient (Wildman–Crippen LogP) is 1.72. The van der Waals surface area contributed by atoms with E-state index in [1.54, 1.807) is 0 Å². The van der Waals surface area contributed by atoms with Crippen LogP contribution in [0.5, 0.6) is 0 Å². The van der Waals surface area contributed by atoms with E-state index < -0.39 is 5.41 Å². The summed E-state index contributed by atoms with van der Waals surface area (Å²) in [7, 11) is 0. The van der Waals surface area contributed by atoms with E-state index in [9.17, 15) is 9.59 Å². The number of ether oxygens (including phenoxy) is 1. The average Bonchev–Trinajstić information content (AvgIpc) is 3.10. The number of amides is 2. The molecular weight excluding hydrogens is 304 g/mol. The van der Waals surface area contributed by atoms with Gasteiger partial charge >= 0.3 is 0 Å². The fraction of sp³-hybridized carbons (Fsp3) is 0.579. The molecule has 24 heavy (non-hydrogen) atoms. The number of piperidine rings is 1. The minimum atomic E-state index is -0.629. The van der Waals surface area contributed by atoms with Crippen molar-refractivity contribution in [1.82, 2.24) is 10.2 Å². The fourth-order valence-electron chi connectivity index (χ4n) is 3.80. The molecule has 0 bridgehead atoms. The van der Waals surface area contributed by atoms with Gasteiger partial charge in [0.15, 0.2) is 0 Å². The number of nitrogens with one attached hydrogen (secondary N) is 1. The lowest BCUT2D eigenvalue weighted by atomic mass is 9.73. The van der Waals surface area contributed by atoms with Gasteiger partial charge in [-0.1, -0.05) is 30.3 Å². The van der Waals surface area contributed by atoms with Crippen LogP contribution in [0.4, 0.5) is 0 Å². The minimum absolute atomic E-state index is 0.0324. The second kappa shape index (κ2) is 7.34. The predicted molar refractivity (Wildman–Crippen MR) is 91.5 cm³/mol. The molecule has 0 spiro atoms. The van der Waals surface area contributed by atoms with E-state index >= 15 is 0 Å². The van der Waals surface area contributed by atoms with Crippen molar-refractivity contribution in [3.8, 4) is 0 Å². The van der Waals surface area contributed by atoms with Gasteiger partial charge < -0.3 is 15.0 Å². The smallest absolute Gasteiger partial charge is 0.235 e. The van der Waals surface area contributed by atoms with E-state index in [0.717, 1.165) is 31.7 Å². The van der Waals surface area contributed by atoms with Crippen LogP contribution in [0.25, 0.3) is 0 Å². The summed E-state index contributed by atoms with van der Waals surface area (Å²) in [6.07, 6.45) is 1.97. The highest BCUT2D eigenvalue weighted by molar-refractivity contribution is 5.91. The minimum Gasteiger partial charge on any atom is -0.381 e. The molecule has 2 aliphatic heterocycles. The van der Waals surface area contributed by atoms with Crippen molar-refractivity contribution < 1.29 is 14.3 Å². The van der Waals surface area contributed by atoms with E-state index in [1.807, 2.05) is 42.2 Å². The monoisotopic (exact) mass is 330 g/mol. The molecular formula is C19H26N2O3. The van der Waals surface area contributed by atoms with Gasteiger partial charge in [0.2, 0.25) is 11.8 Å². The maximum atomic E-state index is 13.4. The molecule has 2 saturated heterocycles. The molecule has 1 aromatic rings. The Morgan fingerprint density at radius 1 is 1.38 bits per heavy atom. The van der Waals surface area contributed by atoms with Crippen molar-refractivity contribution in [3.63, 3.8) is 0 Å². The number of carbonyl (C=O) groups is 2. The first kappa shape index (κ1) is 17.0. The van der Waals surface area contributed by atoms with Crippen LogP contribution in [0.2, 0.25) is 0 Å². The first-order valence-electron chi connectivity index (χ1n) is 8.85. The van der Waals surface area contributed by atoms with Crippen molar-refractivity contribution in [2.75, 3.05) is 32.8 Å². The maximum absolute atomic E-state index is 13.4. The molecule has 2 aliphatic rings. The molecule has 2 atom stereocenters. The van der Waals surface area contributed by atoms with Crippen molar-refractivity contribution >= 4 is 11.8 Å². The Kier molecular flexibility index (Phi) is 5.19. The third kappa shape index (κ3) is 3.31. The van der Waals surface area contributed by atoms with Gasteiger partial charge in [-0.25, -0.2) is 0 Å². The van der Waals surface area contributed by atoms with E-state index in [-0.39, 0.29) is 11.8 Å². The third-order valence-corrected chi connectivity index (χ3v) is 5.23. The first-order valence-corrected chi connectivity index (χ1v) is 8.85. The van der Waals surface area contributed by atoms with Gasteiger partial charge in [-0.15, -0.1) is 0 Å². The Bertz CT molecular complexity index is 578. The standard InChI is InChI=1S/C19H26N2O3/c1-2-24-13-15-9-11-21(12-15)18(23)19(10-8-17(22)20-14-19)16-6-4-3-5-7-16/h3-7,15H,2,8-14H2,1H3,(H,20,22). The second-order valence-electron chi connectivity index (χ2n) is 6.79. The SMILES string of the molecule is CCOCC1CCN(C(=O)C2(c3ccccc3)CCC(=O)NC2)C1. The second-order valence-corrected chi connectivity index (χ2v) is 6.79. The molecule has 130 valence electrons. The highest BCUT2D eigenvalue weighted by atomic mass is 16.5. The quantitative estimate of drug-likeness (QED) is 0.894. The summed E-state index contributed by atoms with van der Waals surface area (Å²) in [6, 6.07) is 9.88.